The largest absolute Gasteiger partial charge is 0.377 e. The molecule has 1 heterocycles. The highest BCUT2D eigenvalue weighted by Gasteiger charge is 2.61. The quantitative estimate of drug-likeness (QED) is 0.858. The topological polar surface area (TPSA) is 29.5 Å². The third-order valence-corrected chi connectivity index (χ3v) is 5.37. The van der Waals surface area contributed by atoms with Gasteiger partial charge in [0.05, 0.1) is 12.5 Å². The number of benzene rings is 1. The summed E-state index contributed by atoms with van der Waals surface area (Å²) in [6.45, 7) is 5.24. The summed E-state index contributed by atoms with van der Waals surface area (Å²) in [5.74, 6) is 0.667. The van der Waals surface area contributed by atoms with Crippen LogP contribution in [0.15, 0.2) is 24.3 Å². The molecule has 1 saturated carbocycles. The molecule has 3 rings (SSSR count). The standard InChI is InChI=1S/C17H22ClNO2/c1-17(2)15(13-8-9-21-16(13)17)19(3)14(20)10-11-4-6-12(18)7-5-11/h4-7,13,15-16H,8-10H2,1-3H3/t13-,15+,16+/m0/s1. The Bertz CT molecular complexity index is 540. The van der Waals surface area contributed by atoms with Gasteiger partial charge >= 0.3 is 0 Å². The van der Waals surface area contributed by atoms with E-state index in [2.05, 4.69) is 13.8 Å². The minimum absolute atomic E-state index is 0.0472. The summed E-state index contributed by atoms with van der Waals surface area (Å²) in [5.41, 5.74) is 1.05. The minimum atomic E-state index is 0.0472. The second-order valence-corrected chi connectivity index (χ2v) is 7.25. The number of hydrogen-bond donors (Lipinski definition) is 0. The SMILES string of the molecule is CN(C(=O)Cc1ccc(Cl)cc1)[C@@H]1[C@@H]2CCO[C@H]2C1(C)C. The molecule has 4 heteroatoms. The molecule has 1 aromatic rings. The summed E-state index contributed by atoms with van der Waals surface area (Å²) in [6, 6.07) is 7.78. The van der Waals surface area contributed by atoms with Crippen LogP contribution in [0.2, 0.25) is 5.02 Å². The molecule has 2 aliphatic rings. The van der Waals surface area contributed by atoms with Gasteiger partial charge < -0.3 is 9.64 Å². The van der Waals surface area contributed by atoms with Crippen molar-refractivity contribution in [1.82, 2.24) is 4.90 Å². The van der Waals surface area contributed by atoms with Crippen LogP contribution in [-0.2, 0) is 16.0 Å². The lowest BCUT2D eigenvalue weighted by atomic mass is 9.57. The van der Waals surface area contributed by atoms with Crippen molar-refractivity contribution in [1.29, 1.82) is 0 Å². The highest BCUT2D eigenvalue weighted by molar-refractivity contribution is 6.30. The van der Waals surface area contributed by atoms with Gasteiger partial charge in [-0.1, -0.05) is 37.6 Å². The second-order valence-electron chi connectivity index (χ2n) is 6.82. The fourth-order valence-corrected chi connectivity index (χ4v) is 4.27. The number of hydrogen-bond acceptors (Lipinski definition) is 2. The van der Waals surface area contributed by atoms with Crippen LogP contribution in [0.1, 0.15) is 25.8 Å². The Kier molecular flexibility index (Phi) is 3.74. The van der Waals surface area contributed by atoms with Crippen molar-refractivity contribution in [2.24, 2.45) is 11.3 Å². The number of ether oxygens (including phenoxy) is 1. The van der Waals surface area contributed by atoms with Gasteiger partial charge in [0, 0.05) is 36.1 Å². The molecule has 0 aromatic heterocycles. The zero-order chi connectivity index (χ0) is 15.2. The first-order chi connectivity index (χ1) is 9.91. The molecule has 1 saturated heterocycles. The molecule has 3 nitrogen and oxygen atoms in total. The number of fused-ring (bicyclic) bond motifs is 1. The van der Waals surface area contributed by atoms with Gasteiger partial charge in [0.15, 0.2) is 0 Å². The predicted molar refractivity (Wildman–Crippen MR) is 83.3 cm³/mol. The molecule has 114 valence electrons. The molecule has 0 radical (unpaired) electrons. The van der Waals surface area contributed by atoms with Crippen LogP contribution in [0.3, 0.4) is 0 Å². The van der Waals surface area contributed by atoms with Crippen LogP contribution in [0.4, 0.5) is 0 Å². The second kappa shape index (κ2) is 5.29. The van der Waals surface area contributed by atoms with E-state index in [-0.39, 0.29) is 17.4 Å². The van der Waals surface area contributed by atoms with Crippen molar-refractivity contribution < 1.29 is 9.53 Å². The van der Waals surface area contributed by atoms with Crippen molar-refractivity contribution in [2.45, 2.75) is 38.8 Å². The van der Waals surface area contributed by atoms with E-state index >= 15 is 0 Å². The number of amides is 1. The molecule has 0 bridgehead atoms. The predicted octanol–water partition coefficient (Wildman–Crippen LogP) is 3.15. The Morgan fingerprint density at radius 2 is 2.05 bits per heavy atom. The molecule has 1 aliphatic carbocycles. The van der Waals surface area contributed by atoms with Gasteiger partial charge in [-0.3, -0.25) is 4.79 Å². The van der Waals surface area contributed by atoms with Crippen molar-refractivity contribution in [3.63, 3.8) is 0 Å². The van der Waals surface area contributed by atoms with Crippen molar-refractivity contribution in [3.05, 3.63) is 34.9 Å². The van der Waals surface area contributed by atoms with Gasteiger partial charge in [-0.05, 0) is 24.1 Å². The number of nitrogens with zero attached hydrogens (tertiary/aromatic N) is 1. The minimum Gasteiger partial charge on any atom is -0.377 e. The Labute approximate surface area is 131 Å². The first-order valence-electron chi connectivity index (χ1n) is 7.53. The Balaban J connectivity index is 1.69. The average Bonchev–Trinajstić information content (AvgIpc) is 2.87. The summed E-state index contributed by atoms with van der Waals surface area (Å²) in [4.78, 5) is 14.5. The van der Waals surface area contributed by atoms with Crippen LogP contribution < -0.4 is 0 Å². The summed E-state index contributed by atoms with van der Waals surface area (Å²) in [7, 11) is 1.93. The molecule has 0 N–H and O–H groups in total. The first kappa shape index (κ1) is 14.9. The smallest absolute Gasteiger partial charge is 0.227 e. The molecular formula is C17H22ClNO2. The highest BCUT2D eigenvalue weighted by atomic mass is 35.5. The fourth-order valence-electron chi connectivity index (χ4n) is 4.14. The number of carbonyl (C=O) groups is 1. The van der Waals surface area contributed by atoms with Crippen LogP contribution in [0, 0.1) is 11.3 Å². The maximum atomic E-state index is 12.6. The van der Waals surface area contributed by atoms with E-state index in [9.17, 15) is 4.79 Å². The molecule has 1 amide bonds. The molecular weight excluding hydrogens is 286 g/mol. The highest BCUT2D eigenvalue weighted by Crippen LogP contribution is 2.54. The third-order valence-electron chi connectivity index (χ3n) is 5.12. The summed E-state index contributed by atoms with van der Waals surface area (Å²) < 4.78 is 5.81. The lowest BCUT2D eigenvalue weighted by Gasteiger charge is -2.57. The van der Waals surface area contributed by atoms with Gasteiger partial charge in [-0.25, -0.2) is 0 Å². The Morgan fingerprint density at radius 3 is 2.71 bits per heavy atom. The maximum Gasteiger partial charge on any atom is 0.227 e. The van der Waals surface area contributed by atoms with Crippen LogP contribution in [-0.4, -0.2) is 36.6 Å². The van der Waals surface area contributed by atoms with E-state index in [1.807, 2.05) is 36.2 Å². The fraction of sp³-hybridized carbons (Fsp3) is 0.588. The van der Waals surface area contributed by atoms with Crippen LogP contribution in [0.5, 0.6) is 0 Å². The molecule has 2 fully saturated rings. The van der Waals surface area contributed by atoms with E-state index in [0.717, 1.165) is 18.6 Å². The molecule has 1 aliphatic heterocycles. The normalized spacial score (nSPS) is 29.6. The van der Waals surface area contributed by atoms with Crippen molar-refractivity contribution in [2.75, 3.05) is 13.7 Å². The monoisotopic (exact) mass is 307 g/mol. The summed E-state index contributed by atoms with van der Waals surface area (Å²) in [5, 5.41) is 0.700. The number of halogens is 1. The van der Waals surface area contributed by atoms with E-state index in [1.165, 1.54) is 0 Å². The third kappa shape index (κ3) is 2.47. The van der Waals surface area contributed by atoms with E-state index in [0.29, 0.717) is 23.5 Å². The molecule has 0 unspecified atom stereocenters. The average molecular weight is 308 g/mol. The van der Waals surface area contributed by atoms with Gasteiger partial charge in [-0.15, -0.1) is 0 Å². The van der Waals surface area contributed by atoms with E-state index < -0.39 is 0 Å². The molecule has 0 spiro atoms. The number of carbonyl (C=O) groups excluding carboxylic acids is 1. The lowest BCUT2D eigenvalue weighted by Crippen LogP contribution is -2.67. The zero-order valence-electron chi connectivity index (χ0n) is 12.8. The maximum absolute atomic E-state index is 12.6. The van der Waals surface area contributed by atoms with Crippen LogP contribution >= 0.6 is 11.6 Å². The van der Waals surface area contributed by atoms with Crippen molar-refractivity contribution in [3.8, 4) is 0 Å². The van der Waals surface area contributed by atoms with Gasteiger partial charge in [0.1, 0.15) is 0 Å². The van der Waals surface area contributed by atoms with Crippen LogP contribution in [0.25, 0.3) is 0 Å². The van der Waals surface area contributed by atoms with E-state index in [4.69, 9.17) is 16.3 Å². The van der Waals surface area contributed by atoms with Gasteiger partial charge in [0.25, 0.3) is 0 Å². The van der Waals surface area contributed by atoms with Gasteiger partial charge in [0.2, 0.25) is 5.91 Å². The summed E-state index contributed by atoms with van der Waals surface area (Å²) in [6.07, 6.45) is 1.81. The number of likely N-dealkylation sites (N-methyl/N-ethyl adjacent to an activating group) is 1. The lowest BCUT2D eigenvalue weighted by molar-refractivity contribution is -0.166. The zero-order valence-corrected chi connectivity index (χ0v) is 13.6. The molecule has 1 aromatic carbocycles. The first-order valence-corrected chi connectivity index (χ1v) is 7.91. The summed E-state index contributed by atoms with van der Waals surface area (Å²) >= 11 is 5.88. The Morgan fingerprint density at radius 1 is 1.38 bits per heavy atom. The molecule has 21 heavy (non-hydrogen) atoms. The van der Waals surface area contributed by atoms with E-state index in [1.54, 1.807) is 0 Å². The molecule has 3 atom stereocenters. The Hall–Kier alpha value is -1.06. The van der Waals surface area contributed by atoms with Gasteiger partial charge in [-0.2, -0.15) is 0 Å². The number of rotatable bonds is 3. The van der Waals surface area contributed by atoms with Crippen molar-refractivity contribution >= 4 is 17.5 Å².